The van der Waals surface area contributed by atoms with Crippen LogP contribution in [-0.2, 0) is 0 Å². The highest BCUT2D eigenvalue weighted by Crippen LogP contribution is 2.22. The average molecular weight is 345 g/mol. The normalized spacial score (nSPS) is 10.4. The summed E-state index contributed by atoms with van der Waals surface area (Å²) in [7, 11) is 0. The van der Waals surface area contributed by atoms with Crippen molar-refractivity contribution in [3.05, 3.63) is 57.8 Å². The number of nitrogen functional groups attached to an aromatic ring is 1. The molecule has 2 aromatic rings. The molecule has 0 aliphatic rings. The SMILES string of the molecule is Nc1cc(Br)cc(C(=O)Nc2cc(F)cc(F)c2F)c1. The number of carbonyl (C=O) groups excluding carboxylic acids is 1. The van der Waals surface area contributed by atoms with E-state index < -0.39 is 29.0 Å². The highest BCUT2D eigenvalue weighted by atomic mass is 79.9. The van der Waals surface area contributed by atoms with E-state index in [1.54, 1.807) is 6.07 Å². The Bertz CT molecular complexity index is 671. The number of benzene rings is 2. The molecule has 0 aliphatic heterocycles. The number of amides is 1. The van der Waals surface area contributed by atoms with Gasteiger partial charge in [-0.3, -0.25) is 4.79 Å². The van der Waals surface area contributed by atoms with E-state index in [0.717, 1.165) is 0 Å². The first kappa shape index (κ1) is 14.4. The Morgan fingerprint density at radius 2 is 1.80 bits per heavy atom. The van der Waals surface area contributed by atoms with E-state index in [9.17, 15) is 18.0 Å². The smallest absolute Gasteiger partial charge is 0.255 e. The molecule has 2 rings (SSSR count). The third kappa shape index (κ3) is 3.11. The molecule has 0 spiro atoms. The second-order valence-electron chi connectivity index (χ2n) is 3.98. The van der Waals surface area contributed by atoms with Crippen molar-refractivity contribution >= 4 is 33.2 Å². The molecule has 3 N–H and O–H groups in total. The van der Waals surface area contributed by atoms with Crippen molar-refractivity contribution in [3.8, 4) is 0 Å². The maximum atomic E-state index is 13.4. The van der Waals surface area contributed by atoms with Crippen LogP contribution in [0.5, 0.6) is 0 Å². The number of nitrogens with one attached hydrogen (secondary N) is 1. The van der Waals surface area contributed by atoms with Gasteiger partial charge in [0.2, 0.25) is 0 Å². The number of halogens is 4. The van der Waals surface area contributed by atoms with Crippen LogP contribution in [0.1, 0.15) is 10.4 Å². The second-order valence-corrected chi connectivity index (χ2v) is 4.89. The van der Waals surface area contributed by atoms with Gasteiger partial charge in [-0.1, -0.05) is 15.9 Å². The van der Waals surface area contributed by atoms with Gasteiger partial charge in [0.1, 0.15) is 5.82 Å². The van der Waals surface area contributed by atoms with Gasteiger partial charge in [0, 0.05) is 27.9 Å². The van der Waals surface area contributed by atoms with E-state index >= 15 is 0 Å². The van der Waals surface area contributed by atoms with Crippen molar-refractivity contribution in [2.24, 2.45) is 0 Å². The standard InChI is InChI=1S/C13H8BrF3N2O/c14-7-1-6(2-9(18)3-7)13(20)19-11-5-8(15)4-10(16)12(11)17/h1-5H,18H2,(H,19,20). The van der Waals surface area contributed by atoms with Crippen molar-refractivity contribution in [2.75, 3.05) is 11.1 Å². The molecule has 0 bridgehead atoms. The molecule has 104 valence electrons. The maximum Gasteiger partial charge on any atom is 0.255 e. The zero-order chi connectivity index (χ0) is 14.9. The quantitative estimate of drug-likeness (QED) is 0.644. The monoisotopic (exact) mass is 344 g/mol. The molecule has 3 nitrogen and oxygen atoms in total. The summed E-state index contributed by atoms with van der Waals surface area (Å²) in [4.78, 5) is 11.9. The van der Waals surface area contributed by atoms with Crippen molar-refractivity contribution in [1.29, 1.82) is 0 Å². The lowest BCUT2D eigenvalue weighted by Gasteiger charge is -2.08. The predicted octanol–water partition coefficient (Wildman–Crippen LogP) is 3.70. The molecule has 20 heavy (non-hydrogen) atoms. The molecule has 2 aromatic carbocycles. The minimum atomic E-state index is -1.38. The van der Waals surface area contributed by atoms with E-state index in [-0.39, 0.29) is 5.56 Å². The van der Waals surface area contributed by atoms with Crippen LogP contribution in [0.15, 0.2) is 34.8 Å². The van der Waals surface area contributed by atoms with Gasteiger partial charge in [-0.15, -0.1) is 0 Å². The van der Waals surface area contributed by atoms with Crippen LogP contribution in [0, 0.1) is 17.5 Å². The van der Waals surface area contributed by atoms with Gasteiger partial charge in [0.05, 0.1) is 5.69 Å². The van der Waals surface area contributed by atoms with E-state index in [4.69, 9.17) is 5.73 Å². The first-order valence-electron chi connectivity index (χ1n) is 5.39. The molecule has 1 amide bonds. The van der Waals surface area contributed by atoms with E-state index in [2.05, 4.69) is 21.2 Å². The predicted molar refractivity (Wildman–Crippen MR) is 72.8 cm³/mol. The zero-order valence-corrected chi connectivity index (χ0v) is 11.5. The number of hydrogen-bond acceptors (Lipinski definition) is 2. The second kappa shape index (κ2) is 5.54. The molecule has 0 fully saturated rings. The summed E-state index contributed by atoms with van der Waals surface area (Å²) in [6, 6.07) is 5.45. The summed E-state index contributed by atoms with van der Waals surface area (Å²) in [6.45, 7) is 0. The Kier molecular flexibility index (Phi) is 3.99. The van der Waals surface area contributed by atoms with Gasteiger partial charge in [-0.05, 0) is 18.2 Å². The lowest BCUT2D eigenvalue weighted by molar-refractivity contribution is 0.102. The Hall–Kier alpha value is -2.02. The Morgan fingerprint density at radius 3 is 2.45 bits per heavy atom. The van der Waals surface area contributed by atoms with Gasteiger partial charge in [-0.2, -0.15) is 0 Å². The minimum Gasteiger partial charge on any atom is -0.399 e. The van der Waals surface area contributed by atoms with Gasteiger partial charge >= 0.3 is 0 Å². The van der Waals surface area contributed by atoms with Crippen LogP contribution in [0.25, 0.3) is 0 Å². The third-order valence-electron chi connectivity index (χ3n) is 2.42. The fraction of sp³-hybridized carbons (Fsp3) is 0. The Labute approximate surface area is 120 Å². The molecular formula is C13H8BrF3N2O. The van der Waals surface area contributed by atoms with Crippen molar-refractivity contribution in [2.45, 2.75) is 0 Å². The number of anilines is 2. The molecule has 0 atom stereocenters. The van der Waals surface area contributed by atoms with Crippen LogP contribution in [0.2, 0.25) is 0 Å². The van der Waals surface area contributed by atoms with Gasteiger partial charge in [-0.25, -0.2) is 13.2 Å². The van der Waals surface area contributed by atoms with Crippen LogP contribution in [-0.4, -0.2) is 5.91 Å². The molecule has 0 aromatic heterocycles. The summed E-state index contributed by atoms with van der Waals surface area (Å²) in [5.41, 5.74) is 5.43. The van der Waals surface area contributed by atoms with Gasteiger partial charge < -0.3 is 11.1 Å². The summed E-state index contributed by atoms with van der Waals surface area (Å²) >= 11 is 3.15. The van der Waals surface area contributed by atoms with Crippen molar-refractivity contribution in [1.82, 2.24) is 0 Å². The van der Waals surface area contributed by atoms with Crippen LogP contribution in [0.4, 0.5) is 24.5 Å². The van der Waals surface area contributed by atoms with Crippen LogP contribution >= 0.6 is 15.9 Å². The van der Waals surface area contributed by atoms with Crippen LogP contribution in [0.3, 0.4) is 0 Å². The fourth-order valence-electron chi connectivity index (χ4n) is 1.58. The third-order valence-corrected chi connectivity index (χ3v) is 2.88. The van der Waals surface area contributed by atoms with Gasteiger partial charge in [0.15, 0.2) is 11.6 Å². The highest BCUT2D eigenvalue weighted by molar-refractivity contribution is 9.10. The molecule has 0 heterocycles. The van der Waals surface area contributed by atoms with Crippen molar-refractivity contribution < 1.29 is 18.0 Å². The number of nitrogens with two attached hydrogens (primary N) is 1. The Morgan fingerprint density at radius 1 is 1.10 bits per heavy atom. The van der Waals surface area contributed by atoms with Crippen molar-refractivity contribution in [3.63, 3.8) is 0 Å². The molecule has 0 unspecified atom stereocenters. The minimum absolute atomic E-state index is 0.126. The molecule has 0 saturated carbocycles. The zero-order valence-electron chi connectivity index (χ0n) is 9.88. The average Bonchev–Trinajstić information content (AvgIpc) is 2.34. The van der Waals surface area contributed by atoms with Gasteiger partial charge in [0.25, 0.3) is 5.91 Å². The van der Waals surface area contributed by atoms with Crippen LogP contribution < -0.4 is 11.1 Å². The lowest BCUT2D eigenvalue weighted by Crippen LogP contribution is -2.14. The number of hydrogen-bond donors (Lipinski definition) is 2. The van der Waals surface area contributed by atoms with E-state index in [1.807, 2.05) is 0 Å². The molecule has 7 heteroatoms. The number of rotatable bonds is 2. The topological polar surface area (TPSA) is 55.1 Å². The molecule has 0 saturated heterocycles. The number of carbonyl (C=O) groups is 1. The van der Waals surface area contributed by atoms with E-state index in [1.165, 1.54) is 12.1 Å². The first-order chi connectivity index (χ1) is 9.36. The summed E-state index contributed by atoms with van der Waals surface area (Å²) in [5.74, 6) is -4.44. The highest BCUT2D eigenvalue weighted by Gasteiger charge is 2.15. The molecular weight excluding hydrogens is 337 g/mol. The molecule has 0 aliphatic carbocycles. The first-order valence-corrected chi connectivity index (χ1v) is 6.18. The fourth-order valence-corrected chi connectivity index (χ4v) is 2.10. The Balaban J connectivity index is 2.32. The summed E-state index contributed by atoms with van der Waals surface area (Å²) in [6.07, 6.45) is 0. The summed E-state index contributed by atoms with van der Waals surface area (Å²) in [5, 5.41) is 2.09. The maximum absolute atomic E-state index is 13.4. The molecule has 0 radical (unpaired) electrons. The lowest BCUT2D eigenvalue weighted by atomic mass is 10.2. The summed E-state index contributed by atoms with van der Waals surface area (Å²) < 4.78 is 40.0. The van der Waals surface area contributed by atoms with E-state index in [0.29, 0.717) is 22.3 Å². The largest absolute Gasteiger partial charge is 0.399 e.